The van der Waals surface area contributed by atoms with Crippen molar-refractivity contribution in [3.8, 4) is 11.5 Å². The summed E-state index contributed by atoms with van der Waals surface area (Å²) in [5, 5.41) is 9.94. The molecule has 2 aliphatic heterocycles. The van der Waals surface area contributed by atoms with E-state index in [1.165, 1.54) is 7.11 Å². The van der Waals surface area contributed by atoms with Crippen molar-refractivity contribution in [3.63, 3.8) is 0 Å². The molecule has 0 amide bonds. The third-order valence-corrected chi connectivity index (χ3v) is 7.46. The van der Waals surface area contributed by atoms with Crippen LogP contribution in [0.15, 0.2) is 60.7 Å². The molecule has 3 N–H and O–H groups in total. The Morgan fingerprint density at radius 2 is 1.87 bits per heavy atom. The summed E-state index contributed by atoms with van der Waals surface area (Å²) in [4.78, 5) is 26.8. The highest BCUT2D eigenvalue weighted by molar-refractivity contribution is 5.97. The molecular formula is C34H43NO10. The van der Waals surface area contributed by atoms with Gasteiger partial charge in [0.05, 0.1) is 11.7 Å². The maximum absolute atomic E-state index is 13.7. The molecule has 2 aromatic rings. The molecule has 1 fully saturated rings. The molecule has 11 nitrogen and oxygen atoms in total. The summed E-state index contributed by atoms with van der Waals surface area (Å²) in [5.74, 6) is -1.77. The van der Waals surface area contributed by atoms with Crippen molar-refractivity contribution in [2.75, 3.05) is 27.1 Å². The van der Waals surface area contributed by atoms with Gasteiger partial charge in [-0.25, -0.2) is 9.59 Å². The predicted molar refractivity (Wildman–Crippen MR) is 166 cm³/mol. The van der Waals surface area contributed by atoms with Gasteiger partial charge < -0.3 is 44.0 Å². The monoisotopic (exact) mass is 625 g/mol. The molecule has 0 bridgehead atoms. The van der Waals surface area contributed by atoms with Crippen LogP contribution in [0.4, 0.5) is 0 Å². The highest BCUT2D eigenvalue weighted by Crippen LogP contribution is 2.36. The zero-order chi connectivity index (χ0) is 32.6. The van der Waals surface area contributed by atoms with Gasteiger partial charge in [0.2, 0.25) is 0 Å². The molecule has 0 radical (unpaired) electrons. The van der Waals surface area contributed by atoms with Crippen LogP contribution in [0.25, 0.3) is 6.08 Å². The summed E-state index contributed by atoms with van der Waals surface area (Å²) in [6.07, 6.45) is 4.19. The number of hydrogen-bond donors (Lipinski definition) is 2. The minimum absolute atomic E-state index is 0.0251. The molecule has 0 aliphatic carbocycles. The smallest absolute Gasteiger partial charge is 0.342 e. The van der Waals surface area contributed by atoms with Crippen molar-refractivity contribution in [2.45, 2.75) is 70.4 Å². The molecule has 2 aliphatic rings. The van der Waals surface area contributed by atoms with Crippen LogP contribution in [0, 0.1) is 5.92 Å². The number of aliphatic hydroxyl groups excluding tert-OH is 1. The first-order chi connectivity index (χ1) is 21.5. The second-order valence-electron chi connectivity index (χ2n) is 11.5. The lowest BCUT2D eigenvalue weighted by atomic mass is 9.98. The van der Waals surface area contributed by atoms with E-state index in [-0.39, 0.29) is 37.2 Å². The highest BCUT2D eigenvalue weighted by atomic mass is 16.8. The third kappa shape index (κ3) is 9.15. The van der Waals surface area contributed by atoms with Gasteiger partial charge in [0, 0.05) is 25.6 Å². The first-order valence-corrected chi connectivity index (χ1v) is 15.0. The molecule has 1 saturated heterocycles. The zero-order valence-electron chi connectivity index (χ0n) is 26.3. The molecule has 2 aromatic carbocycles. The number of cyclic esters (lactones) is 1. The van der Waals surface area contributed by atoms with E-state index >= 15 is 0 Å². The van der Waals surface area contributed by atoms with Crippen molar-refractivity contribution >= 4 is 18.0 Å². The fourth-order valence-electron chi connectivity index (χ4n) is 4.95. The minimum atomic E-state index is -0.940. The molecule has 244 valence electrons. The van der Waals surface area contributed by atoms with Gasteiger partial charge in [0.15, 0.2) is 12.6 Å². The van der Waals surface area contributed by atoms with E-state index < -0.39 is 48.2 Å². The lowest BCUT2D eigenvalue weighted by molar-refractivity contribution is -0.152. The van der Waals surface area contributed by atoms with Crippen LogP contribution in [0.3, 0.4) is 0 Å². The van der Waals surface area contributed by atoms with Crippen molar-refractivity contribution in [3.05, 3.63) is 77.4 Å². The van der Waals surface area contributed by atoms with Crippen molar-refractivity contribution in [1.82, 2.24) is 0 Å². The Morgan fingerprint density at radius 3 is 2.58 bits per heavy atom. The second-order valence-corrected chi connectivity index (χ2v) is 11.5. The predicted octanol–water partition coefficient (Wildman–Crippen LogP) is 4.27. The Balaban J connectivity index is 1.74. The van der Waals surface area contributed by atoms with Gasteiger partial charge >= 0.3 is 11.9 Å². The van der Waals surface area contributed by atoms with E-state index in [9.17, 15) is 14.7 Å². The van der Waals surface area contributed by atoms with E-state index in [0.717, 1.165) is 0 Å². The number of nitrogens with two attached hydrogens (primary N) is 1. The topological polar surface area (TPSA) is 145 Å². The maximum atomic E-state index is 13.7. The van der Waals surface area contributed by atoms with Gasteiger partial charge in [0.25, 0.3) is 0 Å². The van der Waals surface area contributed by atoms with Crippen LogP contribution < -0.4 is 15.2 Å². The number of methoxy groups -OCH3 is 1. The molecule has 11 heteroatoms. The average molecular weight is 626 g/mol. The lowest BCUT2D eigenvalue weighted by Gasteiger charge is -2.26. The normalized spacial score (nSPS) is 25.3. The summed E-state index contributed by atoms with van der Waals surface area (Å²) >= 11 is 0. The average Bonchev–Trinajstić information content (AvgIpc) is 3.33. The Bertz CT molecular complexity index is 1360. The number of ether oxygens (including phenoxy) is 7. The summed E-state index contributed by atoms with van der Waals surface area (Å²) < 4.78 is 41.1. The first kappa shape index (κ1) is 34.1. The summed E-state index contributed by atoms with van der Waals surface area (Å²) in [7, 11) is 1.47. The zero-order valence-corrected chi connectivity index (χ0v) is 26.3. The van der Waals surface area contributed by atoms with Crippen molar-refractivity contribution in [2.24, 2.45) is 11.7 Å². The fourth-order valence-corrected chi connectivity index (χ4v) is 4.95. The number of fused-ring (bicyclic) bond motifs is 2. The Kier molecular flexibility index (Phi) is 11.8. The molecule has 3 unspecified atom stereocenters. The Hall–Kier alpha value is -3.74. The standard InChI is InChI=1S/C34H43NO10/c1-21-14-15-27(43-32(37)23-10-7-6-8-11-23)31-28(44-34(3,4)45-31)13-9-12-24-16-26(40-19-25(36)18-35)17-29(41-20-39-5)30(24)33(38)42-22(21)2/h6-12,14-17,21-22,25,27-28,31,36H,13,18-20,35H2,1-5H3/t21-,22+,25?,27?,28+,31?/m1/s1. The molecule has 2 heterocycles. The summed E-state index contributed by atoms with van der Waals surface area (Å²) in [6.45, 7) is 7.14. The van der Waals surface area contributed by atoms with Crippen LogP contribution in [-0.2, 0) is 23.7 Å². The van der Waals surface area contributed by atoms with Crippen LogP contribution in [0.2, 0.25) is 0 Å². The quantitative estimate of drug-likeness (QED) is 0.234. The minimum Gasteiger partial charge on any atom is -0.491 e. The number of carbonyl (C=O) groups is 2. The van der Waals surface area contributed by atoms with Gasteiger partial charge in [-0.1, -0.05) is 43.4 Å². The van der Waals surface area contributed by atoms with Crippen LogP contribution in [0.1, 0.15) is 60.4 Å². The molecule has 0 aromatic heterocycles. The number of carbonyl (C=O) groups excluding carboxylic acids is 2. The molecule has 4 rings (SSSR count). The van der Waals surface area contributed by atoms with E-state index in [1.807, 2.05) is 39.0 Å². The van der Waals surface area contributed by atoms with Gasteiger partial charge in [-0.15, -0.1) is 0 Å². The van der Waals surface area contributed by atoms with Crippen molar-refractivity contribution in [1.29, 1.82) is 0 Å². The molecular weight excluding hydrogens is 582 g/mol. The van der Waals surface area contributed by atoms with E-state index in [0.29, 0.717) is 23.3 Å². The maximum Gasteiger partial charge on any atom is 0.342 e. The molecule has 0 spiro atoms. The van der Waals surface area contributed by atoms with Crippen molar-refractivity contribution < 1.29 is 47.9 Å². The van der Waals surface area contributed by atoms with Crippen LogP contribution in [0.5, 0.6) is 11.5 Å². The Morgan fingerprint density at radius 1 is 1.11 bits per heavy atom. The third-order valence-electron chi connectivity index (χ3n) is 7.46. The number of hydrogen-bond acceptors (Lipinski definition) is 11. The van der Waals surface area contributed by atoms with Gasteiger partial charge in [0.1, 0.15) is 48.1 Å². The molecule has 0 saturated carbocycles. The molecule has 45 heavy (non-hydrogen) atoms. The summed E-state index contributed by atoms with van der Waals surface area (Å²) in [6, 6.07) is 11.9. The number of benzene rings is 2. The number of esters is 2. The summed E-state index contributed by atoms with van der Waals surface area (Å²) in [5.41, 5.74) is 6.59. The first-order valence-electron chi connectivity index (χ1n) is 15.0. The van der Waals surface area contributed by atoms with Gasteiger partial charge in [-0.2, -0.15) is 0 Å². The highest BCUT2D eigenvalue weighted by Gasteiger charge is 2.45. The fraction of sp³-hybridized carbons (Fsp3) is 0.471. The van der Waals surface area contributed by atoms with E-state index in [2.05, 4.69) is 0 Å². The van der Waals surface area contributed by atoms with E-state index in [1.54, 1.807) is 55.5 Å². The van der Waals surface area contributed by atoms with Crippen LogP contribution in [-0.4, -0.2) is 80.4 Å². The SMILES string of the molecule is COCOc1cc(OCC(O)CN)cc2c1C(=O)O[C@@H](C)[C@H](C)C=CC(OC(=O)c1ccccc1)C1OC(C)(C)O[C@H]1CC=C2. The largest absolute Gasteiger partial charge is 0.491 e. The Labute approximate surface area is 263 Å². The van der Waals surface area contributed by atoms with E-state index in [4.69, 9.17) is 38.9 Å². The molecule has 6 atom stereocenters. The lowest BCUT2D eigenvalue weighted by Crippen LogP contribution is -2.37. The van der Waals surface area contributed by atoms with Gasteiger partial charge in [-0.3, -0.25) is 0 Å². The van der Waals surface area contributed by atoms with Crippen LogP contribution >= 0.6 is 0 Å². The van der Waals surface area contributed by atoms with Gasteiger partial charge in [-0.05, 0) is 57.0 Å². The number of rotatable bonds is 9. The number of aliphatic hydroxyl groups is 1. The second kappa shape index (κ2) is 15.5.